The Morgan fingerprint density at radius 3 is 2.60 bits per heavy atom. The van der Waals surface area contributed by atoms with Crippen LogP contribution in [0.4, 0.5) is 0 Å². The van der Waals surface area contributed by atoms with Gasteiger partial charge in [-0.05, 0) is 37.2 Å². The summed E-state index contributed by atoms with van der Waals surface area (Å²) >= 11 is 0. The van der Waals surface area contributed by atoms with Gasteiger partial charge in [0, 0.05) is 12.3 Å². The van der Waals surface area contributed by atoms with E-state index in [-0.39, 0.29) is 11.3 Å². The van der Waals surface area contributed by atoms with Crippen LogP contribution in [-0.2, 0) is 9.47 Å². The van der Waals surface area contributed by atoms with Crippen molar-refractivity contribution >= 4 is 0 Å². The molecule has 1 saturated carbocycles. The number of nitrogens with zero attached hydrogens (tertiary/aromatic N) is 1. The molecule has 0 bridgehead atoms. The molecular weight excluding hydrogens is 250 g/mol. The maximum atomic E-state index is 9.02. The van der Waals surface area contributed by atoms with Crippen molar-refractivity contribution in [3.63, 3.8) is 0 Å². The number of nitriles is 1. The van der Waals surface area contributed by atoms with Crippen LogP contribution in [0.2, 0.25) is 0 Å². The predicted octanol–water partition coefficient (Wildman–Crippen LogP) is 3.83. The summed E-state index contributed by atoms with van der Waals surface area (Å²) in [6, 6.07) is 2.33. The van der Waals surface area contributed by atoms with E-state index in [1.54, 1.807) is 0 Å². The van der Waals surface area contributed by atoms with Crippen LogP contribution in [0.3, 0.4) is 0 Å². The van der Waals surface area contributed by atoms with Crippen LogP contribution >= 0.6 is 0 Å². The maximum Gasteiger partial charge on any atom is 0.185 e. The summed E-state index contributed by atoms with van der Waals surface area (Å²) < 4.78 is 11.2. The van der Waals surface area contributed by atoms with E-state index in [1.165, 1.54) is 5.57 Å². The first-order valence-electron chi connectivity index (χ1n) is 7.41. The van der Waals surface area contributed by atoms with Crippen molar-refractivity contribution in [1.29, 1.82) is 5.26 Å². The average Bonchev–Trinajstić information content (AvgIpc) is 2.80. The predicted molar refractivity (Wildman–Crippen MR) is 78.8 cm³/mol. The first-order valence-corrected chi connectivity index (χ1v) is 7.41. The van der Waals surface area contributed by atoms with Crippen LogP contribution < -0.4 is 0 Å². The van der Waals surface area contributed by atoms with E-state index in [1.807, 2.05) is 13.0 Å². The van der Waals surface area contributed by atoms with Crippen molar-refractivity contribution in [3.05, 3.63) is 24.3 Å². The molecule has 1 heterocycles. The lowest BCUT2D eigenvalue weighted by Crippen LogP contribution is -2.37. The third kappa shape index (κ3) is 2.97. The molecule has 3 heteroatoms. The summed E-state index contributed by atoms with van der Waals surface area (Å²) in [5.41, 5.74) is 1.30. The second kappa shape index (κ2) is 5.71. The average molecular weight is 275 g/mol. The highest BCUT2D eigenvalue weighted by molar-refractivity contribution is 5.20. The molecule has 20 heavy (non-hydrogen) atoms. The first-order chi connectivity index (χ1) is 9.39. The van der Waals surface area contributed by atoms with Crippen LogP contribution in [0.1, 0.15) is 40.0 Å². The van der Waals surface area contributed by atoms with Gasteiger partial charge in [0.25, 0.3) is 0 Å². The number of ether oxygens (including phenoxy) is 2. The fraction of sp³-hybridized carbons (Fsp3) is 0.706. The summed E-state index contributed by atoms with van der Waals surface area (Å²) in [4.78, 5) is 0. The molecule has 2 fully saturated rings. The molecule has 0 N–H and O–H groups in total. The standard InChI is InChI=1S/C17H25NO2/c1-13-5-6-14(8-10-18)16(2,3)15(13)7-9-17(4)19-11-12-20-17/h7,9,14-15H,1,5-6,8,11-12H2,2-4H3/b9-7+/t14-,15-/m1/s1. The SMILES string of the molecule is C=C1CC[C@H](CC#N)C(C)(C)[C@@H]1/C=C/C1(C)OCCO1. The summed E-state index contributed by atoms with van der Waals surface area (Å²) in [5.74, 6) is 0.100. The monoisotopic (exact) mass is 275 g/mol. The first kappa shape index (κ1) is 15.3. The summed E-state index contributed by atoms with van der Waals surface area (Å²) in [5, 5.41) is 9.02. The van der Waals surface area contributed by atoms with Crippen LogP contribution in [0.5, 0.6) is 0 Å². The molecule has 0 aromatic rings. The molecule has 110 valence electrons. The Kier molecular flexibility index (Phi) is 4.36. The van der Waals surface area contributed by atoms with Crippen LogP contribution in [0.15, 0.2) is 24.3 Å². The van der Waals surface area contributed by atoms with E-state index >= 15 is 0 Å². The molecule has 0 aromatic heterocycles. The fourth-order valence-electron chi connectivity index (χ4n) is 3.42. The maximum absolute atomic E-state index is 9.02. The molecule has 1 saturated heterocycles. The third-order valence-corrected chi connectivity index (χ3v) is 4.90. The highest BCUT2D eigenvalue weighted by Crippen LogP contribution is 2.49. The van der Waals surface area contributed by atoms with Gasteiger partial charge in [0.1, 0.15) is 0 Å². The van der Waals surface area contributed by atoms with E-state index in [0.29, 0.717) is 25.6 Å². The Morgan fingerprint density at radius 1 is 1.35 bits per heavy atom. The van der Waals surface area contributed by atoms with Gasteiger partial charge in [0.2, 0.25) is 0 Å². The second-order valence-corrected chi connectivity index (χ2v) is 6.63. The van der Waals surface area contributed by atoms with Crippen molar-refractivity contribution in [2.24, 2.45) is 17.3 Å². The molecule has 0 radical (unpaired) electrons. The fourth-order valence-corrected chi connectivity index (χ4v) is 3.42. The van der Waals surface area contributed by atoms with Gasteiger partial charge in [0.15, 0.2) is 5.79 Å². The van der Waals surface area contributed by atoms with Crippen LogP contribution in [0, 0.1) is 28.6 Å². The normalized spacial score (nSPS) is 32.4. The lowest BCUT2D eigenvalue weighted by Gasteiger charge is -2.45. The largest absolute Gasteiger partial charge is 0.344 e. The molecule has 0 amide bonds. The van der Waals surface area contributed by atoms with Crippen molar-refractivity contribution in [2.75, 3.05) is 13.2 Å². The van der Waals surface area contributed by atoms with Crippen LogP contribution in [-0.4, -0.2) is 19.0 Å². The minimum Gasteiger partial charge on any atom is -0.344 e. The highest BCUT2D eigenvalue weighted by atomic mass is 16.7. The van der Waals surface area contributed by atoms with Gasteiger partial charge in [-0.2, -0.15) is 5.26 Å². The smallest absolute Gasteiger partial charge is 0.185 e. The van der Waals surface area contributed by atoms with Crippen molar-refractivity contribution in [3.8, 4) is 6.07 Å². The number of hydrogen-bond acceptors (Lipinski definition) is 3. The Morgan fingerprint density at radius 2 is 2.00 bits per heavy atom. The minimum absolute atomic E-state index is 0.0521. The van der Waals surface area contributed by atoms with Crippen molar-refractivity contribution < 1.29 is 9.47 Å². The minimum atomic E-state index is -0.599. The Bertz CT molecular complexity index is 438. The van der Waals surface area contributed by atoms with Gasteiger partial charge >= 0.3 is 0 Å². The van der Waals surface area contributed by atoms with Gasteiger partial charge in [-0.1, -0.05) is 32.1 Å². The van der Waals surface area contributed by atoms with E-state index in [4.69, 9.17) is 14.7 Å². The van der Waals surface area contributed by atoms with Gasteiger partial charge in [-0.25, -0.2) is 0 Å². The van der Waals surface area contributed by atoms with Gasteiger partial charge in [0.05, 0.1) is 19.3 Å². The van der Waals surface area contributed by atoms with Gasteiger partial charge < -0.3 is 9.47 Å². The molecule has 2 rings (SSSR count). The zero-order chi connectivity index (χ0) is 14.8. The Hall–Kier alpha value is -1.11. The molecule has 0 aromatic carbocycles. The molecule has 1 aliphatic heterocycles. The number of hydrogen-bond donors (Lipinski definition) is 0. The quantitative estimate of drug-likeness (QED) is 0.735. The molecule has 0 spiro atoms. The van der Waals surface area contributed by atoms with Crippen LogP contribution in [0.25, 0.3) is 0 Å². The van der Waals surface area contributed by atoms with Crippen molar-refractivity contribution in [1.82, 2.24) is 0 Å². The highest BCUT2D eigenvalue weighted by Gasteiger charge is 2.41. The van der Waals surface area contributed by atoms with Gasteiger partial charge in [-0.3, -0.25) is 0 Å². The molecular formula is C17H25NO2. The molecule has 0 unspecified atom stereocenters. The molecule has 2 aliphatic rings. The summed E-state index contributed by atoms with van der Waals surface area (Å²) in [6.07, 6.45) is 6.88. The number of allylic oxidation sites excluding steroid dienone is 2. The van der Waals surface area contributed by atoms with Gasteiger partial charge in [-0.15, -0.1) is 0 Å². The third-order valence-electron chi connectivity index (χ3n) is 4.90. The Labute approximate surface area is 122 Å². The zero-order valence-corrected chi connectivity index (χ0v) is 12.8. The van der Waals surface area contributed by atoms with Crippen molar-refractivity contribution in [2.45, 2.75) is 45.8 Å². The van der Waals surface area contributed by atoms with E-state index in [9.17, 15) is 0 Å². The second-order valence-electron chi connectivity index (χ2n) is 6.63. The summed E-state index contributed by atoms with van der Waals surface area (Å²) in [6.45, 7) is 12.0. The Balaban J connectivity index is 2.17. The topological polar surface area (TPSA) is 42.2 Å². The van der Waals surface area contributed by atoms with E-state index in [0.717, 1.165) is 12.8 Å². The molecule has 1 aliphatic carbocycles. The zero-order valence-electron chi connectivity index (χ0n) is 12.8. The van der Waals surface area contributed by atoms with E-state index < -0.39 is 5.79 Å². The lowest BCUT2D eigenvalue weighted by atomic mass is 9.60. The molecule has 2 atom stereocenters. The lowest BCUT2D eigenvalue weighted by molar-refractivity contribution is -0.100. The van der Waals surface area contributed by atoms with E-state index in [2.05, 4.69) is 32.6 Å². The summed E-state index contributed by atoms with van der Waals surface area (Å²) in [7, 11) is 0. The molecule has 3 nitrogen and oxygen atoms in total. The number of rotatable bonds is 3.